The van der Waals surface area contributed by atoms with Gasteiger partial charge in [0.25, 0.3) is 10.1 Å². The standard InChI is InChI=1S/C15H22O6S.Na.H/c1-3-5-6-12(4-2)11-20-15(16)21-13-7-9-14(10-8-13)22(17,18)19;;/h7-10,12H,3-6,11H2,1-2H3,(H,17,18,19);;. The third-order valence-corrected chi connectivity index (χ3v) is 4.17. The second kappa shape index (κ2) is 11.0. The van der Waals surface area contributed by atoms with Crippen LogP contribution in [0.2, 0.25) is 0 Å². The molecule has 0 aromatic heterocycles. The minimum atomic E-state index is -4.25. The molecule has 0 spiro atoms. The zero-order valence-electron chi connectivity index (χ0n) is 12.8. The van der Waals surface area contributed by atoms with E-state index in [4.69, 9.17) is 14.0 Å². The zero-order valence-corrected chi connectivity index (χ0v) is 13.6. The van der Waals surface area contributed by atoms with Gasteiger partial charge in [-0.25, -0.2) is 4.79 Å². The summed E-state index contributed by atoms with van der Waals surface area (Å²) < 4.78 is 40.6. The topological polar surface area (TPSA) is 89.9 Å². The molecule has 23 heavy (non-hydrogen) atoms. The molecule has 0 radical (unpaired) electrons. The van der Waals surface area contributed by atoms with Gasteiger partial charge >= 0.3 is 35.7 Å². The Labute approximate surface area is 159 Å². The van der Waals surface area contributed by atoms with Crippen LogP contribution < -0.4 is 4.74 Å². The number of unbranched alkanes of at least 4 members (excludes halogenated alkanes) is 1. The van der Waals surface area contributed by atoms with Crippen LogP contribution in [0.5, 0.6) is 5.75 Å². The number of ether oxygens (including phenoxy) is 2. The summed E-state index contributed by atoms with van der Waals surface area (Å²) in [5, 5.41) is 0. The van der Waals surface area contributed by atoms with E-state index < -0.39 is 16.3 Å². The predicted octanol–water partition coefficient (Wildman–Crippen LogP) is 3.02. The monoisotopic (exact) mass is 354 g/mol. The molecule has 0 aliphatic rings. The Hall–Kier alpha value is -0.600. The van der Waals surface area contributed by atoms with Gasteiger partial charge < -0.3 is 9.47 Å². The molecule has 1 N–H and O–H groups in total. The Balaban J connectivity index is 0.00000484. The summed E-state index contributed by atoms with van der Waals surface area (Å²) in [5.41, 5.74) is 0. The molecule has 0 heterocycles. The Kier molecular flexibility index (Phi) is 10.8. The summed E-state index contributed by atoms with van der Waals surface area (Å²) in [6.45, 7) is 4.46. The third-order valence-electron chi connectivity index (χ3n) is 3.30. The Morgan fingerprint density at radius 2 is 1.83 bits per heavy atom. The number of benzene rings is 1. The maximum atomic E-state index is 11.6. The van der Waals surface area contributed by atoms with Crippen LogP contribution in [-0.2, 0) is 14.9 Å². The van der Waals surface area contributed by atoms with Gasteiger partial charge in [-0.1, -0.05) is 33.1 Å². The Morgan fingerprint density at radius 3 is 2.30 bits per heavy atom. The molecule has 0 fully saturated rings. The molecular weight excluding hydrogens is 331 g/mol. The maximum absolute atomic E-state index is 11.6. The van der Waals surface area contributed by atoms with Gasteiger partial charge in [-0.05, 0) is 36.6 Å². The van der Waals surface area contributed by atoms with Crippen LogP contribution in [0, 0.1) is 5.92 Å². The van der Waals surface area contributed by atoms with Crippen molar-refractivity contribution < 1.29 is 27.2 Å². The van der Waals surface area contributed by atoms with Gasteiger partial charge in [-0.3, -0.25) is 4.55 Å². The van der Waals surface area contributed by atoms with Crippen LogP contribution in [0.25, 0.3) is 0 Å². The second-order valence-corrected chi connectivity index (χ2v) is 6.45. The fraction of sp³-hybridized carbons (Fsp3) is 0.533. The van der Waals surface area contributed by atoms with Crippen molar-refractivity contribution in [2.75, 3.05) is 6.61 Å². The molecule has 1 aromatic carbocycles. The van der Waals surface area contributed by atoms with Gasteiger partial charge in [0.15, 0.2) is 0 Å². The van der Waals surface area contributed by atoms with Crippen molar-refractivity contribution in [1.82, 2.24) is 0 Å². The van der Waals surface area contributed by atoms with Gasteiger partial charge in [-0.2, -0.15) is 8.42 Å². The molecule has 126 valence electrons. The first-order chi connectivity index (χ1) is 10.4. The van der Waals surface area contributed by atoms with Gasteiger partial charge in [0.1, 0.15) is 5.75 Å². The summed E-state index contributed by atoms with van der Waals surface area (Å²) in [7, 11) is -4.25. The molecule has 6 nitrogen and oxygen atoms in total. The number of hydrogen-bond acceptors (Lipinski definition) is 5. The average Bonchev–Trinajstić information content (AvgIpc) is 2.47. The van der Waals surface area contributed by atoms with E-state index in [0.717, 1.165) is 37.8 Å². The van der Waals surface area contributed by atoms with Crippen molar-refractivity contribution in [1.29, 1.82) is 0 Å². The molecule has 1 unspecified atom stereocenters. The summed E-state index contributed by atoms with van der Waals surface area (Å²) in [5.74, 6) is 0.466. The van der Waals surface area contributed by atoms with Crippen LogP contribution in [0.4, 0.5) is 4.79 Å². The van der Waals surface area contributed by atoms with Crippen molar-refractivity contribution in [2.45, 2.75) is 44.4 Å². The number of carbonyl (C=O) groups is 1. The van der Waals surface area contributed by atoms with Crippen LogP contribution in [0.1, 0.15) is 39.5 Å². The molecule has 0 aliphatic heterocycles. The molecule has 0 saturated heterocycles. The molecule has 1 atom stereocenters. The zero-order chi connectivity index (χ0) is 16.6. The van der Waals surface area contributed by atoms with Gasteiger partial charge in [0, 0.05) is 0 Å². The molecule has 0 amide bonds. The quantitative estimate of drug-likeness (QED) is 0.334. The molecule has 8 heteroatoms. The van der Waals surface area contributed by atoms with Crippen molar-refractivity contribution in [3.8, 4) is 5.75 Å². The first-order valence-corrected chi connectivity index (χ1v) is 8.73. The predicted molar refractivity (Wildman–Crippen MR) is 88.7 cm³/mol. The van der Waals surface area contributed by atoms with Crippen LogP contribution >= 0.6 is 0 Å². The molecule has 0 aliphatic carbocycles. The molecule has 0 bridgehead atoms. The van der Waals surface area contributed by atoms with E-state index in [1.165, 1.54) is 12.1 Å². The van der Waals surface area contributed by atoms with E-state index in [9.17, 15) is 13.2 Å². The fourth-order valence-electron chi connectivity index (χ4n) is 1.89. The van der Waals surface area contributed by atoms with Crippen molar-refractivity contribution >= 4 is 45.8 Å². The number of hydrogen-bond donors (Lipinski definition) is 1. The second-order valence-electron chi connectivity index (χ2n) is 5.03. The Morgan fingerprint density at radius 1 is 1.22 bits per heavy atom. The minimum absolute atomic E-state index is 0. The number of carbonyl (C=O) groups excluding carboxylic acids is 1. The number of rotatable bonds is 8. The molecule has 1 rings (SSSR count). The van der Waals surface area contributed by atoms with E-state index in [2.05, 4.69) is 6.92 Å². The molecule has 1 aromatic rings. The van der Waals surface area contributed by atoms with E-state index in [1.807, 2.05) is 6.92 Å². The van der Waals surface area contributed by atoms with Crippen molar-refractivity contribution in [3.63, 3.8) is 0 Å². The van der Waals surface area contributed by atoms with E-state index in [0.29, 0.717) is 12.5 Å². The fourth-order valence-corrected chi connectivity index (χ4v) is 2.37. The SMILES string of the molecule is CCCCC(CC)COC(=O)Oc1ccc(S(=O)(=O)O)cc1.[NaH]. The van der Waals surface area contributed by atoms with E-state index >= 15 is 0 Å². The first-order valence-electron chi connectivity index (χ1n) is 7.29. The van der Waals surface area contributed by atoms with Gasteiger partial charge in [0.2, 0.25) is 0 Å². The average molecular weight is 354 g/mol. The summed E-state index contributed by atoms with van der Waals surface area (Å²) in [6, 6.07) is 4.85. The van der Waals surface area contributed by atoms with Gasteiger partial charge in [-0.15, -0.1) is 0 Å². The third kappa shape index (κ3) is 8.72. The first kappa shape index (κ1) is 22.4. The van der Waals surface area contributed by atoms with Crippen LogP contribution in [0.15, 0.2) is 29.2 Å². The summed E-state index contributed by atoms with van der Waals surface area (Å²) in [6.07, 6.45) is 3.30. The van der Waals surface area contributed by atoms with E-state index in [-0.39, 0.29) is 40.2 Å². The summed E-state index contributed by atoms with van der Waals surface area (Å²) in [4.78, 5) is 11.3. The molecule has 0 saturated carbocycles. The van der Waals surface area contributed by atoms with Crippen molar-refractivity contribution in [2.24, 2.45) is 5.92 Å². The van der Waals surface area contributed by atoms with Crippen LogP contribution in [-0.4, -0.2) is 55.3 Å². The van der Waals surface area contributed by atoms with E-state index in [1.54, 1.807) is 0 Å². The van der Waals surface area contributed by atoms with Gasteiger partial charge in [0.05, 0.1) is 11.5 Å². The van der Waals surface area contributed by atoms with Crippen LogP contribution in [0.3, 0.4) is 0 Å². The normalized spacial score (nSPS) is 12.1. The molecular formula is C15H23NaO6S. The summed E-state index contributed by atoms with van der Waals surface area (Å²) >= 11 is 0. The van der Waals surface area contributed by atoms with Crippen molar-refractivity contribution in [3.05, 3.63) is 24.3 Å². The Bertz CT molecular complexity index is 570.